The molecule has 24 heavy (non-hydrogen) atoms. The fourth-order valence-electron chi connectivity index (χ4n) is 2.87. The SMILES string of the molecule is CCOC(=O)C1CCCN(C(=NC)NCc2cccnc2OC)C1. The van der Waals surface area contributed by atoms with Crippen molar-refractivity contribution in [2.75, 3.05) is 33.9 Å². The van der Waals surface area contributed by atoms with Crippen LogP contribution in [0.5, 0.6) is 5.88 Å². The number of rotatable bonds is 5. The van der Waals surface area contributed by atoms with Crippen molar-refractivity contribution in [1.29, 1.82) is 0 Å². The zero-order chi connectivity index (χ0) is 17.4. The summed E-state index contributed by atoms with van der Waals surface area (Å²) in [6.45, 7) is 4.32. The Kier molecular flexibility index (Phi) is 6.84. The molecule has 7 nitrogen and oxygen atoms in total. The van der Waals surface area contributed by atoms with Crippen LogP contribution in [-0.2, 0) is 16.1 Å². The number of nitrogens with zero attached hydrogens (tertiary/aromatic N) is 3. The predicted octanol–water partition coefficient (Wildman–Crippen LogP) is 1.44. The maximum atomic E-state index is 12.0. The number of pyridine rings is 1. The molecule has 1 aliphatic heterocycles. The number of ether oxygens (including phenoxy) is 2. The second-order valence-electron chi connectivity index (χ2n) is 5.61. The van der Waals surface area contributed by atoms with Gasteiger partial charge in [0, 0.05) is 38.4 Å². The maximum absolute atomic E-state index is 12.0. The molecule has 1 aromatic rings. The Hall–Kier alpha value is -2.31. The van der Waals surface area contributed by atoms with Gasteiger partial charge in [0.2, 0.25) is 5.88 Å². The van der Waals surface area contributed by atoms with E-state index in [0.29, 0.717) is 25.6 Å². The number of piperidine rings is 1. The van der Waals surface area contributed by atoms with Gasteiger partial charge in [-0.2, -0.15) is 0 Å². The minimum Gasteiger partial charge on any atom is -0.481 e. The largest absolute Gasteiger partial charge is 0.481 e. The van der Waals surface area contributed by atoms with Crippen molar-refractivity contribution in [3.63, 3.8) is 0 Å². The Morgan fingerprint density at radius 1 is 1.54 bits per heavy atom. The topological polar surface area (TPSA) is 76.0 Å². The van der Waals surface area contributed by atoms with E-state index in [-0.39, 0.29) is 11.9 Å². The van der Waals surface area contributed by atoms with Crippen molar-refractivity contribution in [2.45, 2.75) is 26.3 Å². The van der Waals surface area contributed by atoms with Crippen LogP contribution in [0.2, 0.25) is 0 Å². The molecule has 0 radical (unpaired) electrons. The van der Waals surface area contributed by atoms with Crippen molar-refractivity contribution in [2.24, 2.45) is 10.9 Å². The number of esters is 1. The lowest BCUT2D eigenvalue weighted by atomic mass is 9.98. The van der Waals surface area contributed by atoms with Crippen LogP contribution < -0.4 is 10.1 Å². The van der Waals surface area contributed by atoms with Gasteiger partial charge in [0.15, 0.2) is 5.96 Å². The molecule has 1 unspecified atom stereocenters. The van der Waals surface area contributed by atoms with Crippen LogP contribution in [0, 0.1) is 5.92 Å². The van der Waals surface area contributed by atoms with E-state index in [9.17, 15) is 4.79 Å². The molecular weight excluding hydrogens is 308 g/mol. The van der Waals surface area contributed by atoms with Gasteiger partial charge in [-0.1, -0.05) is 6.07 Å². The number of likely N-dealkylation sites (tertiary alicyclic amines) is 1. The predicted molar refractivity (Wildman–Crippen MR) is 91.9 cm³/mol. The normalized spacial score (nSPS) is 18.2. The number of carbonyl (C=O) groups is 1. The van der Waals surface area contributed by atoms with Gasteiger partial charge in [0.1, 0.15) is 0 Å². The molecule has 0 aliphatic carbocycles. The lowest BCUT2D eigenvalue weighted by Gasteiger charge is -2.34. The Labute approximate surface area is 143 Å². The monoisotopic (exact) mass is 334 g/mol. The molecule has 1 saturated heterocycles. The van der Waals surface area contributed by atoms with E-state index in [1.54, 1.807) is 20.4 Å². The molecule has 2 heterocycles. The Bertz CT molecular complexity index is 577. The highest BCUT2D eigenvalue weighted by Gasteiger charge is 2.28. The first kappa shape index (κ1) is 18.0. The van der Waals surface area contributed by atoms with E-state index in [0.717, 1.165) is 30.9 Å². The van der Waals surface area contributed by atoms with Gasteiger partial charge in [0.05, 0.1) is 19.6 Å². The summed E-state index contributed by atoms with van der Waals surface area (Å²) < 4.78 is 10.4. The lowest BCUT2D eigenvalue weighted by molar-refractivity contribution is -0.149. The molecule has 1 atom stereocenters. The summed E-state index contributed by atoms with van der Waals surface area (Å²) in [6.07, 6.45) is 3.51. The van der Waals surface area contributed by atoms with Crippen LogP contribution in [0.3, 0.4) is 0 Å². The molecule has 1 aromatic heterocycles. The van der Waals surface area contributed by atoms with Crippen LogP contribution in [0.4, 0.5) is 0 Å². The smallest absolute Gasteiger partial charge is 0.310 e. The highest BCUT2D eigenvalue weighted by Crippen LogP contribution is 2.18. The molecule has 2 rings (SSSR count). The average molecular weight is 334 g/mol. The van der Waals surface area contributed by atoms with Crippen LogP contribution in [0.25, 0.3) is 0 Å². The molecular formula is C17H26N4O3. The van der Waals surface area contributed by atoms with Crippen molar-refractivity contribution in [1.82, 2.24) is 15.2 Å². The summed E-state index contributed by atoms with van der Waals surface area (Å²) in [5.74, 6) is 1.16. The van der Waals surface area contributed by atoms with Crippen LogP contribution in [-0.4, -0.2) is 55.7 Å². The maximum Gasteiger partial charge on any atom is 0.310 e. The van der Waals surface area contributed by atoms with Gasteiger partial charge in [-0.3, -0.25) is 9.79 Å². The molecule has 1 N–H and O–H groups in total. The first-order chi connectivity index (χ1) is 11.7. The number of hydrogen-bond acceptors (Lipinski definition) is 5. The lowest BCUT2D eigenvalue weighted by Crippen LogP contribution is -2.48. The average Bonchev–Trinajstić information content (AvgIpc) is 2.63. The third-order valence-electron chi connectivity index (χ3n) is 4.03. The summed E-state index contributed by atoms with van der Waals surface area (Å²) in [4.78, 5) is 22.6. The molecule has 1 aliphatic rings. The summed E-state index contributed by atoms with van der Waals surface area (Å²) in [6, 6.07) is 3.84. The molecule has 0 amide bonds. The van der Waals surface area contributed by atoms with E-state index < -0.39 is 0 Å². The number of carbonyl (C=O) groups excluding carboxylic acids is 1. The van der Waals surface area contributed by atoms with Gasteiger partial charge >= 0.3 is 5.97 Å². The molecule has 1 fully saturated rings. The number of aromatic nitrogens is 1. The van der Waals surface area contributed by atoms with Crippen molar-refractivity contribution in [3.8, 4) is 5.88 Å². The first-order valence-electron chi connectivity index (χ1n) is 8.29. The molecule has 7 heteroatoms. The van der Waals surface area contributed by atoms with E-state index in [4.69, 9.17) is 9.47 Å². The van der Waals surface area contributed by atoms with Gasteiger partial charge in [-0.15, -0.1) is 0 Å². The molecule has 0 bridgehead atoms. The van der Waals surface area contributed by atoms with Crippen LogP contribution >= 0.6 is 0 Å². The zero-order valence-electron chi connectivity index (χ0n) is 14.6. The van der Waals surface area contributed by atoms with Gasteiger partial charge in [-0.05, 0) is 25.8 Å². The third kappa shape index (κ3) is 4.59. The number of aliphatic imine (C=N–C) groups is 1. The summed E-state index contributed by atoms with van der Waals surface area (Å²) in [5, 5.41) is 3.33. The zero-order valence-corrected chi connectivity index (χ0v) is 14.6. The number of guanidine groups is 1. The van der Waals surface area contributed by atoms with Crippen LogP contribution in [0.1, 0.15) is 25.3 Å². The minimum atomic E-state index is -0.119. The number of methoxy groups -OCH3 is 1. The highest BCUT2D eigenvalue weighted by atomic mass is 16.5. The van der Waals surface area contributed by atoms with E-state index in [1.807, 2.05) is 19.1 Å². The standard InChI is InChI=1S/C17H26N4O3/c1-4-24-16(22)14-8-6-10-21(12-14)17(18-2)20-11-13-7-5-9-19-15(13)23-3/h5,7,9,14H,4,6,8,10-12H2,1-3H3,(H,18,20). The van der Waals surface area contributed by atoms with Gasteiger partial charge < -0.3 is 19.7 Å². The fourth-order valence-corrected chi connectivity index (χ4v) is 2.87. The van der Waals surface area contributed by atoms with E-state index in [2.05, 4.69) is 20.2 Å². The first-order valence-corrected chi connectivity index (χ1v) is 8.29. The van der Waals surface area contributed by atoms with Crippen molar-refractivity contribution >= 4 is 11.9 Å². The summed E-state index contributed by atoms with van der Waals surface area (Å²) >= 11 is 0. The molecule has 132 valence electrons. The van der Waals surface area contributed by atoms with E-state index >= 15 is 0 Å². The minimum absolute atomic E-state index is 0.0924. The van der Waals surface area contributed by atoms with Crippen LogP contribution in [0.15, 0.2) is 23.3 Å². The molecule has 0 aromatic carbocycles. The number of hydrogen-bond donors (Lipinski definition) is 1. The van der Waals surface area contributed by atoms with Gasteiger partial charge in [-0.25, -0.2) is 4.98 Å². The Morgan fingerprint density at radius 2 is 2.38 bits per heavy atom. The van der Waals surface area contributed by atoms with E-state index in [1.165, 1.54) is 0 Å². The summed E-state index contributed by atoms with van der Waals surface area (Å²) in [5.41, 5.74) is 0.958. The fraction of sp³-hybridized carbons (Fsp3) is 0.588. The molecule has 0 spiro atoms. The third-order valence-corrected chi connectivity index (χ3v) is 4.03. The second kappa shape index (κ2) is 9.10. The van der Waals surface area contributed by atoms with Crippen molar-refractivity contribution in [3.05, 3.63) is 23.9 Å². The molecule has 0 saturated carbocycles. The van der Waals surface area contributed by atoms with Crippen molar-refractivity contribution < 1.29 is 14.3 Å². The summed E-state index contributed by atoms with van der Waals surface area (Å²) in [7, 11) is 3.35. The quantitative estimate of drug-likeness (QED) is 0.499. The highest BCUT2D eigenvalue weighted by molar-refractivity contribution is 5.81. The number of nitrogens with one attached hydrogen (secondary N) is 1. The second-order valence-corrected chi connectivity index (χ2v) is 5.61. The van der Waals surface area contributed by atoms with Gasteiger partial charge in [0.25, 0.3) is 0 Å². The Balaban J connectivity index is 1.97. The Morgan fingerprint density at radius 3 is 3.08 bits per heavy atom.